The van der Waals surface area contributed by atoms with Crippen LogP contribution in [0.1, 0.15) is 295 Å². The van der Waals surface area contributed by atoms with E-state index < -0.39 is 42.9 Å². The van der Waals surface area contributed by atoms with E-state index in [1.807, 2.05) is 83.1 Å². The van der Waals surface area contributed by atoms with Gasteiger partial charge in [-0.25, -0.2) is 0 Å². The van der Waals surface area contributed by atoms with Crippen molar-refractivity contribution in [3.63, 3.8) is 0 Å². The Kier molecular flexibility index (Phi) is 68.5. The zero-order valence-corrected chi connectivity index (χ0v) is 82.9. The molecule has 126 heavy (non-hydrogen) atoms. The van der Waals surface area contributed by atoms with Gasteiger partial charge < -0.3 is 99.4 Å². The summed E-state index contributed by atoms with van der Waals surface area (Å²) >= 11 is 0. The fourth-order valence-electron chi connectivity index (χ4n) is 14.2. The van der Waals surface area contributed by atoms with E-state index in [0.717, 1.165) is 64.2 Å². The largest absolute Gasteiger partial charge is 0.469 e. The maximum absolute atomic E-state index is 12.7. The van der Waals surface area contributed by atoms with Gasteiger partial charge in [-0.3, -0.25) is 57.5 Å². The van der Waals surface area contributed by atoms with E-state index >= 15 is 0 Å². The molecular weight excluding hydrogens is 1630 g/mol. The van der Waals surface area contributed by atoms with E-state index in [0.29, 0.717) is 125 Å². The highest BCUT2D eigenvalue weighted by atomic mass is 16.7. The normalized spacial score (nSPS) is 17.1. The summed E-state index contributed by atoms with van der Waals surface area (Å²) in [6, 6.07) is -2.56. The van der Waals surface area contributed by atoms with E-state index in [-0.39, 0.29) is 177 Å². The smallest absolute Gasteiger partial charge is 0.326 e. The highest BCUT2D eigenvalue weighted by molar-refractivity contribution is 5.80. The van der Waals surface area contributed by atoms with Crippen LogP contribution in [0.15, 0.2) is 0 Å². The Morgan fingerprint density at radius 2 is 0.365 bits per heavy atom. The molecule has 2 fully saturated rings. The number of methoxy groups -OCH3 is 4. The number of ether oxygens (including phenoxy) is 12. The molecular formula is C94H176N8O24. The predicted octanol–water partition coefficient (Wildman–Crippen LogP) is 11.7. The molecule has 2 aliphatic carbocycles. The molecule has 32 heteroatoms. The molecule has 0 aromatic carbocycles. The van der Waals surface area contributed by atoms with Crippen LogP contribution in [0.5, 0.6) is 0 Å². The maximum atomic E-state index is 12.7. The van der Waals surface area contributed by atoms with E-state index in [2.05, 4.69) is 145 Å². The zero-order valence-electron chi connectivity index (χ0n) is 82.9. The number of carbonyl (C=O) groups excluding carboxylic acids is 12. The van der Waals surface area contributed by atoms with Gasteiger partial charge >= 0.3 is 71.6 Å². The molecule has 32 nitrogen and oxygen atoms in total. The molecule has 2 saturated carbocycles. The van der Waals surface area contributed by atoms with Crippen molar-refractivity contribution in [3.8, 4) is 0 Å². The van der Waals surface area contributed by atoms with Crippen LogP contribution in [0.2, 0.25) is 0 Å². The van der Waals surface area contributed by atoms with Crippen molar-refractivity contribution >= 4 is 71.6 Å². The first-order chi connectivity index (χ1) is 59.1. The van der Waals surface area contributed by atoms with Gasteiger partial charge in [-0.1, -0.05) is 166 Å². The molecule has 736 valence electrons. The first-order valence-corrected chi connectivity index (χ1v) is 46.7. The Balaban J connectivity index is 0. The van der Waals surface area contributed by atoms with Gasteiger partial charge in [0.25, 0.3) is 0 Å². The lowest BCUT2D eigenvalue weighted by Crippen LogP contribution is -2.44. The van der Waals surface area contributed by atoms with Crippen molar-refractivity contribution in [2.75, 3.05) is 94.6 Å². The monoisotopic (exact) mass is 1800 g/mol. The molecule has 8 unspecified atom stereocenters. The molecule has 2 aliphatic rings. The Labute approximate surface area is 757 Å². The summed E-state index contributed by atoms with van der Waals surface area (Å²) in [5.74, 6) is -0.109. The minimum atomic E-state index is -0.631. The van der Waals surface area contributed by atoms with Crippen LogP contribution in [0.3, 0.4) is 0 Å². The van der Waals surface area contributed by atoms with Gasteiger partial charge in [0, 0.05) is 50.3 Å². The zero-order chi connectivity index (χ0) is 96.1. The standard InChI is InChI=1S/C28H50N2O8.C26H50N2O4.C21H38N2O8.C19H38N2O4/c1-19(2)15-23(29-13-11-25(31)35-5)27(33)37-17-21-7-9-22(10-8-21)18-38-28(34)24(16-20(3)4)30-14-12-26(32)36-6;1-17(2)13-23(27-19(5)6)25(29)31-15-21-9-11-22(12-10-21)16-32-26(30)24(14-18(3)4)28-20(7)8;1-14(2)11-16(22-9-7-18(24)28-5)20(26)30-13-31-21(27)17(12-15(3)4)23-10-8-19(25)29-6;1-12(2)9-16(20-14(5)6)18(22)24-11-25-19(23)17(10-13(3)4)21-15(7)8/h19-24,29-30H,7-18H2,1-6H3;17-24,27-28H,9-16H2,1-8H3;14-17,22-23H,7-13H2,1-6H3;12-17,20-21H,9-11H2,1-8H3. The first kappa shape index (κ1) is 121. The second-order valence-corrected chi connectivity index (χ2v) is 38.2. The van der Waals surface area contributed by atoms with Crippen LogP contribution in [0.25, 0.3) is 0 Å². The molecule has 0 heterocycles. The number of hydrogen-bond acceptors (Lipinski definition) is 32. The number of rotatable bonds is 60. The average Bonchev–Trinajstić information content (AvgIpc) is 0.890. The van der Waals surface area contributed by atoms with E-state index in [1.54, 1.807) is 0 Å². The van der Waals surface area contributed by atoms with Crippen LogP contribution in [-0.4, -0.2) is 239 Å². The van der Waals surface area contributed by atoms with Gasteiger partial charge in [0.05, 0.1) is 80.6 Å². The Bertz CT molecular complexity index is 2760. The summed E-state index contributed by atoms with van der Waals surface area (Å²) in [7, 11) is 5.29. The Hall–Kier alpha value is -6.68. The van der Waals surface area contributed by atoms with Crippen molar-refractivity contribution in [2.24, 2.45) is 71.0 Å². The Morgan fingerprint density at radius 1 is 0.222 bits per heavy atom. The molecule has 8 N–H and O–H groups in total. The molecule has 0 saturated heterocycles. The number of carbonyl (C=O) groups is 12. The number of nitrogens with one attached hydrogen (secondary N) is 8. The minimum absolute atomic E-state index is 0.126. The highest BCUT2D eigenvalue weighted by Gasteiger charge is 2.33. The summed E-state index contributed by atoms with van der Waals surface area (Å²) in [6.07, 6.45) is 13.6. The third kappa shape index (κ3) is 64.1. The summed E-state index contributed by atoms with van der Waals surface area (Å²) in [4.78, 5) is 145. The summed E-state index contributed by atoms with van der Waals surface area (Å²) in [6.45, 7) is 51.0. The molecule has 2 rings (SSSR count). The van der Waals surface area contributed by atoms with Gasteiger partial charge in [-0.15, -0.1) is 0 Å². The quantitative estimate of drug-likeness (QED) is 0.0159. The van der Waals surface area contributed by atoms with Gasteiger partial charge in [-0.05, 0) is 174 Å². The second kappa shape index (κ2) is 71.1. The minimum Gasteiger partial charge on any atom is -0.469 e. The van der Waals surface area contributed by atoms with E-state index in [4.69, 9.17) is 37.9 Å². The van der Waals surface area contributed by atoms with Crippen LogP contribution in [0.4, 0.5) is 0 Å². The SMILES string of the molecule is CC(C)CC(NC(C)C)C(=O)OCC1CCC(COC(=O)C(CC(C)C)NC(C)C)CC1.CC(C)CC(NC(C)C)C(=O)OCOC(=O)C(CC(C)C)NC(C)C.COC(=O)CCNC(CC(C)C)C(=O)OCC1CCC(COC(=O)C(CC(C)C)NCCC(=O)OC)CC1.COC(=O)CCNC(CC(C)C)C(=O)OCOC(=O)C(CC(C)C)NCCC(=O)OC. The fourth-order valence-corrected chi connectivity index (χ4v) is 14.2. The molecule has 0 aromatic rings. The fraction of sp³-hybridized carbons (Fsp3) is 0.872. The van der Waals surface area contributed by atoms with Crippen LogP contribution in [0, 0.1) is 71.0 Å². The summed E-state index contributed by atoms with van der Waals surface area (Å²) < 4.78 is 61.7. The lowest BCUT2D eigenvalue weighted by Gasteiger charge is -2.29. The predicted molar refractivity (Wildman–Crippen MR) is 486 cm³/mol. The van der Waals surface area contributed by atoms with Crippen molar-refractivity contribution in [1.82, 2.24) is 42.5 Å². The number of hydrogen-bond donors (Lipinski definition) is 8. The molecule has 0 aliphatic heterocycles. The summed E-state index contributed by atoms with van der Waals surface area (Å²) in [5, 5.41) is 25.3. The van der Waals surface area contributed by atoms with Crippen LogP contribution in [-0.2, 0) is 114 Å². The van der Waals surface area contributed by atoms with Gasteiger partial charge in [0.2, 0.25) is 13.6 Å². The highest BCUT2D eigenvalue weighted by Crippen LogP contribution is 2.32. The van der Waals surface area contributed by atoms with Crippen molar-refractivity contribution in [2.45, 2.75) is 367 Å². The topological polar surface area (TPSA) is 412 Å². The number of esters is 12. The third-order valence-corrected chi connectivity index (χ3v) is 20.4. The van der Waals surface area contributed by atoms with E-state index in [1.165, 1.54) is 28.4 Å². The lowest BCUT2D eigenvalue weighted by molar-refractivity contribution is -0.172. The van der Waals surface area contributed by atoms with Crippen LogP contribution < -0.4 is 42.5 Å². The maximum Gasteiger partial charge on any atom is 0.326 e. The molecule has 0 radical (unpaired) electrons. The first-order valence-electron chi connectivity index (χ1n) is 46.7. The van der Waals surface area contributed by atoms with E-state index in [9.17, 15) is 57.5 Å². The lowest BCUT2D eigenvalue weighted by atomic mass is 9.83. The molecule has 0 amide bonds. The van der Waals surface area contributed by atoms with Gasteiger partial charge in [0.1, 0.15) is 48.3 Å². The van der Waals surface area contributed by atoms with Gasteiger partial charge in [-0.2, -0.15) is 0 Å². The molecule has 0 bridgehead atoms. The van der Waals surface area contributed by atoms with Crippen molar-refractivity contribution in [1.29, 1.82) is 0 Å². The van der Waals surface area contributed by atoms with Crippen molar-refractivity contribution < 1.29 is 114 Å². The Morgan fingerprint density at radius 3 is 0.516 bits per heavy atom. The second-order valence-electron chi connectivity index (χ2n) is 38.2. The molecule has 8 atom stereocenters. The van der Waals surface area contributed by atoms with Gasteiger partial charge in [0.15, 0.2) is 0 Å². The van der Waals surface area contributed by atoms with Crippen LogP contribution >= 0.6 is 0 Å². The molecule has 0 spiro atoms. The summed E-state index contributed by atoms with van der Waals surface area (Å²) in [5.41, 5.74) is 0. The van der Waals surface area contributed by atoms with Crippen molar-refractivity contribution in [3.05, 3.63) is 0 Å². The molecule has 0 aromatic heterocycles. The average molecular weight is 1800 g/mol. The third-order valence-electron chi connectivity index (χ3n) is 20.4.